The fraction of sp³-hybridized carbons (Fsp3) is 0.250. The highest BCUT2D eigenvalue weighted by Crippen LogP contribution is 2.25. The molecule has 0 aliphatic carbocycles. The lowest BCUT2D eigenvalue weighted by Gasteiger charge is -2.08. The second kappa shape index (κ2) is 5.74. The van der Waals surface area contributed by atoms with Crippen LogP contribution in [0.4, 0.5) is 10.9 Å². The van der Waals surface area contributed by atoms with Crippen LogP contribution in [0.25, 0.3) is 11.3 Å². The lowest BCUT2D eigenvalue weighted by atomic mass is 10.2. The molecule has 0 amide bonds. The van der Waals surface area contributed by atoms with Crippen LogP contribution in [0.5, 0.6) is 0 Å². The van der Waals surface area contributed by atoms with Crippen LogP contribution >= 0.6 is 11.3 Å². The van der Waals surface area contributed by atoms with Crippen LogP contribution in [-0.4, -0.2) is 21.1 Å². The van der Waals surface area contributed by atoms with E-state index in [1.807, 2.05) is 0 Å². The Morgan fingerprint density at radius 1 is 1.60 bits per heavy atom. The molecule has 0 saturated carbocycles. The molecule has 0 saturated heterocycles. The SMILES string of the molecule is C=CCNc1nc(-c2c(N)n(CC)c(=O)[nH]c2=O)cs1. The minimum atomic E-state index is -0.530. The van der Waals surface area contributed by atoms with Crippen molar-refractivity contribution in [2.45, 2.75) is 13.5 Å². The normalized spacial score (nSPS) is 10.4. The lowest BCUT2D eigenvalue weighted by molar-refractivity contribution is 0.706. The van der Waals surface area contributed by atoms with Crippen molar-refractivity contribution in [1.82, 2.24) is 14.5 Å². The largest absolute Gasteiger partial charge is 0.384 e. The number of aromatic nitrogens is 3. The molecular weight excluding hydrogens is 278 g/mol. The number of hydrogen-bond acceptors (Lipinski definition) is 6. The van der Waals surface area contributed by atoms with Crippen LogP contribution in [0.3, 0.4) is 0 Å². The number of hydrogen-bond donors (Lipinski definition) is 3. The fourth-order valence-corrected chi connectivity index (χ4v) is 2.49. The first-order valence-electron chi connectivity index (χ1n) is 6.01. The van der Waals surface area contributed by atoms with Crippen molar-refractivity contribution in [3.63, 3.8) is 0 Å². The van der Waals surface area contributed by atoms with Gasteiger partial charge in [-0.3, -0.25) is 14.3 Å². The first kappa shape index (κ1) is 14.1. The zero-order valence-electron chi connectivity index (χ0n) is 11.0. The van der Waals surface area contributed by atoms with Gasteiger partial charge in [0.15, 0.2) is 5.13 Å². The molecule has 0 fully saturated rings. The van der Waals surface area contributed by atoms with Crippen LogP contribution < -0.4 is 22.3 Å². The number of rotatable bonds is 5. The van der Waals surface area contributed by atoms with Gasteiger partial charge in [-0.15, -0.1) is 17.9 Å². The highest BCUT2D eigenvalue weighted by molar-refractivity contribution is 7.14. The molecule has 0 aliphatic rings. The summed E-state index contributed by atoms with van der Waals surface area (Å²) in [5, 5.41) is 5.41. The van der Waals surface area contributed by atoms with Crippen LogP contribution in [-0.2, 0) is 6.54 Å². The van der Waals surface area contributed by atoms with Gasteiger partial charge in [-0.25, -0.2) is 9.78 Å². The van der Waals surface area contributed by atoms with E-state index in [0.29, 0.717) is 23.9 Å². The molecule has 8 heteroatoms. The van der Waals surface area contributed by atoms with Gasteiger partial charge in [0.25, 0.3) is 5.56 Å². The third kappa shape index (κ3) is 2.50. The van der Waals surface area contributed by atoms with E-state index in [9.17, 15) is 9.59 Å². The molecule has 20 heavy (non-hydrogen) atoms. The quantitative estimate of drug-likeness (QED) is 0.709. The Morgan fingerprint density at radius 3 is 3.00 bits per heavy atom. The van der Waals surface area contributed by atoms with Crippen molar-refractivity contribution in [2.75, 3.05) is 17.6 Å². The summed E-state index contributed by atoms with van der Waals surface area (Å²) in [5.74, 6) is 0.127. The number of H-pyrrole nitrogens is 1. The van der Waals surface area contributed by atoms with Crippen molar-refractivity contribution in [3.05, 3.63) is 38.9 Å². The third-order valence-corrected chi connectivity index (χ3v) is 3.51. The fourth-order valence-electron chi connectivity index (χ4n) is 1.78. The molecule has 7 nitrogen and oxygen atoms in total. The molecule has 0 aliphatic heterocycles. The summed E-state index contributed by atoms with van der Waals surface area (Å²) in [6.45, 7) is 6.33. The maximum absolute atomic E-state index is 11.9. The van der Waals surface area contributed by atoms with Crippen LogP contribution in [0.15, 0.2) is 27.6 Å². The van der Waals surface area contributed by atoms with E-state index in [4.69, 9.17) is 5.73 Å². The molecule has 2 aromatic rings. The van der Waals surface area contributed by atoms with Gasteiger partial charge >= 0.3 is 5.69 Å². The van der Waals surface area contributed by atoms with Gasteiger partial charge in [-0.2, -0.15) is 0 Å². The highest BCUT2D eigenvalue weighted by Gasteiger charge is 2.16. The summed E-state index contributed by atoms with van der Waals surface area (Å²) in [4.78, 5) is 30.1. The second-order valence-electron chi connectivity index (χ2n) is 3.97. The minimum Gasteiger partial charge on any atom is -0.384 e. The minimum absolute atomic E-state index is 0.127. The van der Waals surface area contributed by atoms with Gasteiger partial charge in [-0.1, -0.05) is 6.08 Å². The monoisotopic (exact) mass is 293 g/mol. The summed E-state index contributed by atoms with van der Waals surface area (Å²) in [5.41, 5.74) is 5.53. The molecule has 0 bridgehead atoms. The summed E-state index contributed by atoms with van der Waals surface area (Å²) in [6.07, 6.45) is 1.71. The second-order valence-corrected chi connectivity index (χ2v) is 4.83. The van der Waals surface area contributed by atoms with Gasteiger partial charge < -0.3 is 11.1 Å². The maximum Gasteiger partial charge on any atom is 0.329 e. The van der Waals surface area contributed by atoms with Crippen molar-refractivity contribution in [1.29, 1.82) is 0 Å². The number of nitrogens with one attached hydrogen (secondary N) is 2. The number of anilines is 2. The Kier molecular flexibility index (Phi) is 4.04. The molecule has 106 valence electrons. The van der Waals surface area contributed by atoms with E-state index in [-0.39, 0.29) is 11.4 Å². The molecule has 0 atom stereocenters. The van der Waals surface area contributed by atoms with Crippen molar-refractivity contribution in [3.8, 4) is 11.3 Å². The van der Waals surface area contributed by atoms with E-state index in [1.54, 1.807) is 18.4 Å². The average Bonchev–Trinajstić information content (AvgIpc) is 2.85. The Balaban J connectivity index is 2.52. The van der Waals surface area contributed by atoms with Crippen molar-refractivity contribution >= 4 is 22.3 Å². The Morgan fingerprint density at radius 2 is 2.35 bits per heavy atom. The summed E-state index contributed by atoms with van der Waals surface area (Å²) in [7, 11) is 0. The average molecular weight is 293 g/mol. The van der Waals surface area contributed by atoms with Gasteiger partial charge in [0.1, 0.15) is 11.4 Å². The zero-order chi connectivity index (χ0) is 14.7. The first-order chi connectivity index (χ1) is 9.58. The molecule has 2 aromatic heterocycles. The standard InChI is InChI=1S/C12H15N5O2S/c1-3-5-14-11-15-7(6-20-11)8-9(13)17(4-2)12(19)16-10(8)18/h3,6H,1,4-5,13H2,2H3,(H,14,15)(H,16,18,19). The molecular formula is C12H15N5O2S. The molecule has 0 aromatic carbocycles. The Labute approximate surface area is 118 Å². The van der Waals surface area contributed by atoms with E-state index >= 15 is 0 Å². The smallest absolute Gasteiger partial charge is 0.329 e. The Bertz CT molecular complexity index is 743. The first-order valence-corrected chi connectivity index (χ1v) is 6.89. The number of aromatic amines is 1. The van der Waals surface area contributed by atoms with Crippen LogP contribution in [0.2, 0.25) is 0 Å². The lowest BCUT2D eigenvalue weighted by Crippen LogP contribution is -2.32. The number of nitrogens with zero attached hydrogens (tertiary/aromatic N) is 2. The van der Waals surface area contributed by atoms with Crippen molar-refractivity contribution in [2.24, 2.45) is 0 Å². The predicted molar refractivity (Wildman–Crippen MR) is 81.2 cm³/mol. The zero-order valence-corrected chi connectivity index (χ0v) is 11.8. The van der Waals surface area contributed by atoms with E-state index in [2.05, 4.69) is 21.9 Å². The van der Waals surface area contributed by atoms with Gasteiger partial charge in [0.2, 0.25) is 0 Å². The topological polar surface area (TPSA) is 106 Å². The Hall–Kier alpha value is -2.35. The van der Waals surface area contributed by atoms with Gasteiger partial charge in [-0.05, 0) is 6.92 Å². The van der Waals surface area contributed by atoms with Crippen LogP contribution in [0.1, 0.15) is 6.92 Å². The molecule has 2 heterocycles. The number of nitrogen functional groups attached to an aromatic ring is 1. The number of nitrogens with two attached hydrogens (primary N) is 1. The van der Waals surface area contributed by atoms with Crippen LogP contribution in [0, 0.1) is 0 Å². The van der Waals surface area contributed by atoms with E-state index in [1.165, 1.54) is 15.9 Å². The van der Waals surface area contributed by atoms with Crippen molar-refractivity contribution < 1.29 is 0 Å². The van der Waals surface area contributed by atoms with E-state index in [0.717, 1.165) is 0 Å². The maximum atomic E-state index is 11.9. The third-order valence-electron chi connectivity index (χ3n) is 2.71. The summed E-state index contributed by atoms with van der Waals surface area (Å²) in [6, 6.07) is 0. The molecule has 0 radical (unpaired) electrons. The van der Waals surface area contributed by atoms with Gasteiger partial charge in [0.05, 0.1) is 5.69 Å². The van der Waals surface area contributed by atoms with Gasteiger partial charge in [0, 0.05) is 18.5 Å². The molecule has 4 N–H and O–H groups in total. The molecule has 2 rings (SSSR count). The molecule has 0 unspecified atom stereocenters. The number of thiazole rings is 1. The highest BCUT2D eigenvalue weighted by atomic mass is 32.1. The molecule has 0 spiro atoms. The van der Waals surface area contributed by atoms with E-state index < -0.39 is 11.2 Å². The summed E-state index contributed by atoms with van der Waals surface area (Å²) < 4.78 is 1.30. The summed E-state index contributed by atoms with van der Waals surface area (Å²) >= 11 is 1.35. The predicted octanol–water partition coefficient (Wildman–Crippen LogP) is 0.860.